The molecular weight excluding hydrogens is 143 g/mol. The standard InChI is InChI=1S/C4H8.H3O2PS/c1-4(2)3;1-3(2)4/h1H2,2-3H3;3H,(H2,1,2,4). The van der Waals surface area contributed by atoms with E-state index in [1.54, 1.807) is 0 Å². The van der Waals surface area contributed by atoms with Crippen molar-refractivity contribution in [3.05, 3.63) is 12.2 Å². The summed E-state index contributed by atoms with van der Waals surface area (Å²) in [4.78, 5) is 7.47. The molecule has 0 aromatic heterocycles. The molecule has 0 aromatic rings. The molecule has 50 valence electrons. The molecule has 0 amide bonds. The van der Waals surface area contributed by atoms with Crippen LogP contribution in [0.25, 0.3) is 0 Å². The lowest BCUT2D eigenvalue weighted by molar-refractivity contribution is 0.520. The zero-order chi connectivity index (χ0) is 7.15. The maximum Gasteiger partial charge on any atom is 0.240 e. The van der Waals surface area contributed by atoms with E-state index in [0.717, 1.165) is 0 Å². The van der Waals surface area contributed by atoms with Gasteiger partial charge in [0, 0.05) is 0 Å². The van der Waals surface area contributed by atoms with Gasteiger partial charge in [-0.2, -0.15) is 0 Å². The van der Waals surface area contributed by atoms with Crippen LogP contribution in [0.1, 0.15) is 13.8 Å². The number of hydrogen-bond acceptors (Lipinski definition) is 1. The lowest BCUT2D eigenvalue weighted by Gasteiger charge is -1.65. The van der Waals surface area contributed by atoms with Crippen LogP contribution in [0, 0.1) is 0 Å². The van der Waals surface area contributed by atoms with Crippen molar-refractivity contribution in [2.24, 2.45) is 0 Å². The molecule has 0 bridgehead atoms. The summed E-state index contributed by atoms with van der Waals surface area (Å²) in [5, 5.41) is 0. The summed E-state index contributed by atoms with van der Waals surface area (Å²) in [6.45, 7) is 7.50. The summed E-state index contributed by atoms with van der Waals surface area (Å²) in [6.07, 6.45) is 0. The second-order valence-corrected chi connectivity index (χ2v) is 3.20. The average Bonchev–Trinajstić information content (AvgIpc) is 1.25. The highest BCUT2D eigenvalue weighted by molar-refractivity contribution is 8.38. The fourth-order valence-electron chi connectivity index (χ4n) is 0. The third-order valence-corrected chi connectivity index (χ3v) is 0. The molecule has 1 N–H and O–H groups in total. The molecule has 4 heteroatoms. The van der Waals surface area contributed by atoms with Crippen LogP contribution >= 0.6 is 19.5 Å². The predicted molar refractivity (Wildman–Crippen MR) is 40.7 cm³/mol. The van der Waals surface area contributed by atoms with Gasteiger partial charge in [0.1, 0.15) is 0 Å². The van der Waals surface area contributed by atoms with E-state index in [2.05, 4.69) is 18.8 Å². The van der Waals surface area contributed by atoms with E-state index in [9.17, 15) is 0 Å². The van der Waals surface area contributed by atoms with Gasteiger partial charge in [0.2, 0.25) is 7.23 Å². The van der Waals surface area contributed by atoms with E-state index in [1.165, 1.54) is 5.57 Å². The van der Waals surface area contributed by atoms with Crippen LogP contribution in [0.3, 0.4) is 0 Å². The Bertz CT molecular complexity index is 72.0. The van der Waals surface area contributed by atoms with Gasteiger partial charge in [-0.05, 0) is 13.8 Å². The van der Waals surface area contributed by atoms with Crippen molar-refractivity contribution in [3.8, 4) is 0 Å². The molecule has 2 nitrogen and oxygen atoms in total. The van der Waals surface area contributed by atoms with Gasteiger partial charge in [0.25, 0.3) is 0 Å². The van der Waals surface area contributed by atoms with E-state index in [0.29, 0.717) is 0 Å². The van der Waals surface area contributed by atoms with Gasteiger partial charge >= 0.3 is 0 Å². The van der Waals surface area contributed by atoms with E-state index in [1.807, 2.05) is 13.8 Å². The highest BCUT2D eigenvalue weighted by Gasteiger charge is 1.61. The minimum absolute atomic E-state index is 1.17. The SMILES string of the molecule is C=C(C)C.O=[PH](O)S. The van der Waals surface area contributed by atoms with Gasteiger partial charge in [-0.1, -0.05) is 17.8 Å². The second kappa shape index (κ2) is 7.28. The van der Waals surface area contributed by atoms with Crippen molar-refractivity contribution in [3.63, 3.8) is 0 Å². The van der Waals surface area contributed by atoms with Crippen LogP contribution in [-0.2, 0) is 4.57 Å². The first-order valence-corrected chi connectivity index (χ1v) is 4.65. The summed E-state index contributed by atoms with van der Waals surface area (Å²) in [7, 11) is -2.44. The Balaban J connectivity index is 0. The number of hydrogen-bond donors (Lipinski definition) is 2. The van der Waals surface area contributed by atoms with Gasteiger partial charge in [-0.15, -0.1) is 6.58 Å². The number of thiol groups is 1. The van der Waals surface area contributed by atoms with E-state index >= 15 is 0 Å². The molecule has 0 heterocycles. The van der Waals surface area contributed by atoms with Crippen molar-refractivity contribution < 1.29 is 9.46 Å². The Morgan fingerprint density at radius 1 is 1.75 bits per heavy atom. The molecule has 0 spiro atoms. The monoisotopic (exact) mass is 154 g/mol. The lowest BCUT2D eigenvalue weighted by Crippen LogP contribution is -1.43. The van der Waals surface area contributed by atoms with Gasteiger partial charge in [-0.3, -0.25) is 4.57 Å². The van der Waals surface area contributed by atoms with Crippen molar-refractivity contribution in [1.29, 1.82) is 0 Å². The lowest BCUT2D eigenvalue weighted by atomic mass is 10.4. The predicted octanol–water partition coefficient (Wildman–Crippen LogP) is 1.88. The molecule has 0 saturated heterocycles. The first kappa shape index (κ1) is 11.1. The van der Waals surface area contributed by atoms with Crippen LogP contribution in [-0.4, -0.2) is 4.89 Å². The third-order valence-electron chi connectivity index (χ3n) is 0. The Hall–Kier alpha value is 0.280. The van der Waals surface area contributed by atoms with Crippen molar-refractivity contribution >= 4 is 19.5 Å². The van der Waals surface area contributed by atoms with Gasteiger partial charge in [0.05, 0.1) is 0 Å². The van der Waals surface area contributed by atoms with Crippen molar-refractivity contribution in [2.75, 3.05) is 0 Å². The molecule has 0 rings (SSSR count). The molecule has 0 aromatic carbocycles. The molecule has 0 fully saturated rings. The van der Waals surface area contributed by atoms with Gasteiger partial charge < -0.3 is 4.89 Å². The zero-order valence-electron chi connectivity index (χ0n) is 5.01. The maximum absolute atomic E-state index is 9.05. The van der Waals surface area contributed by atoms with Crippen LogP contribution in [0.2, 0.25) is 0 Å². The zero-order valence-corrected chi connectivity index (χ0v) is 6.90. The van der Waals surface area contributed by atoms with Crippen LogP contribution in [0.5, 0.6) is 0 Å². The van der Waals surface area contributed by atoms with Gasteiger partial charge in [0.15, 0.2) is 0 Å². The van der Waals surface area contributed by atoms with Gasteiger partial charge in [-0.25, -0.2) is 0 Å². The smallest absolute Gasteiger partial charge is 0.240 e. The fraction of sp³-hybridized carbons (Fsp3) is 0.500. The average molecular weight is 154 g/mol. The Labute approximate surface area is 55.6 Å². The van der Waals surface area contributed by atoms with E-state index < -0.39 is 7.23 Å². The summed E-state index contributed by atoms with van der Waals surface area (Å²) >= 11 is 3.07. The third kappa shape index (κ3) is 2230. The molecule has 0 aliphatic heterocycles. The number of allylic oxidation sites excluding steroid dienone is 1. The second-order valence-electron chi connectivity index (χ2n) is 1.49. The van der Waals surface area contributed by atoms with Crippen LogP contribution in [0.15, 0.2) is 12.2 Å². The summed E-state index contributed by atoms with van der Waals surface area (Å²) < 4.78 is 9.05. The largest absolute Gasteiger partial charge is 0.339 e. The highest BCUT2D eigenvalue weighted by atomic mass is 32.7. The van der Waals surface area contributed by atoms with Crippen LogP contribution in [0.4, 0.5) is 0 Å². The number of rotatable bonds is 0. The normalized spacial score (nSPS) is 11.0. The molecule has 0 aliphatic carbocycles. The maximum atomic E-state index is 9.05. The van der Waals surface area contributed by atoms with Crippen molar-refractivity contribution in [2.45, 2.75) is 13.8 Å². The fourth-order valence-corrected chi connectivity index (χ4v) is 0. The van der Waals surface area contributed by atoms with Crippen LogP contribution < -0.4 is 0 Å². The minimum Gasteiger partial charge on any atom is -0.339 e. The Kier molecular flexibility index (Phi) is 10.1. The molecule has 1 unspecified atom stereocenters. The Morgan fingerprint density at radius 3 is 1.75 bits per heavy atom. The molecule has 8 heavy (non-hydrogen) atoms. The topological polar surface area (TPSA) is 37.3 Å². The molecular formula is C4H11O2PS. The highest BCUT2D eigenvalue weighted by Crippen LogP contribution is 2.16. The quantitative estimate of drug-likeness (QED) is 0.317. The van der Waals surface area contributed by atoms with E-state index in [4.69, 9.17) is 9.46 Å². The van der Waals surface area contributed by atoms with Crippen molar-refractivity contribution in [1.82, 2.24) is 0 Å². The first-order chi connectivity index (χ1) is 3.46. The molecule has 0 radical (unpaired) electrons. The molecule has 0 aliphatic rings. The summed E-state index contributed by atoms with van der Waals surface area (Å²) in [6, 6.07) is 0. The summed E-state index contributed by atoms with van der Waals surface area (Å²) in [5.74, 6) is 0. The minimum atomic E-state index is -2.44. The van der Waals surface area contributed by atoms with E-state index in [-0.39, 0.29) is 0 Å². The molecule has 1 atom stereocenters. The molecule has 0 saturated carbocycles. The first-order valence-electron chi connectivity index (χ1n) is 2.00. The summed E-state index contributed by atoms with van der Waals surface area (Å²) in [5.41, 5.74) is 1.17. The Morgan fingerprint density at radius 2 is 1.75 bits per heavy atom.